The molecule has 1 aromatic carbocycles. The van der Waals surface area contributed by atoms with Gasteiger partial charge in [-0.25, -0.2) is 0 Å². The Labute approximate surface area is 563 Å². The third-order valence-corrected chi connectivity index (χ3v) is 15.3. The third-order valence-electron chi connectivity index (χ3n) is 14.6. The minimum Gasteiger partial charge on any atom is -0.481 e. The molecule has 0 radical (unpaired) electrons. The molecule has 11 amide bonds. The maximum Gasteiger partial charge on any atom is 0.303 e. The van der Waals surface area contributed by atoms with Crippen LogP contribution in [0.4, 0.5) is 0 Å². The number of thioether (sulfide) groups is 1. The number of Topliss-reactive ketones (excluding diaryl/α,β-unsaturated/α-hetero) is 1. The number of nitrogens with two attached hydrogens (primary N) is 1. The Hall–Kier alpha value is -9.32. The van der Waals surface area contributed by atoms with E-state index >= 15 is 0 Å². The maximum absolute atomic E-state index is 14.3. The number of carbonyl (C=O) groups is 17. The largest absolute Gasteiger partial charge is 0.481 e. The summed E-state index contributed by atoms with van der Waals surface area (Å²) in [7, 11) is 0. The number of ether oxygens (including phenoxy) is 1. The van der Waals surface area contributed by atoms with Crippen molar-refractivity contribution in [2.75, 3.05) is 44.9 Å². The van der Waals surface area contributed by atoms with Crippen LogP contribution in [0.2, 0.25) is 0 Å². The van der Waals surface area contributed by atoms with E-state index in [1.54, 1.807) is 20.1 Å². The van der Waals surface area contributed by atoms with Gasteiger partial charge in [0, 0.05) is 69.0 Å². The summed E-state index contributed by atoms with van der Waals surface area (Å²) in [6.45, 7) is 6.92. The zero-order chi connectivity index (χ0) is 73.1. The Morgan fingerprint density at radius 3 is 1.48 bits per heavy atom. The van der Waals surface area contributed by atoms with Crippen molar-refractivity contribution in [3.8, 4) is 0 Å². The first-order chi connectivity index (χ1) is 45.6. The minimum atomic E-state index is -1.92. The summed E-state index contributed by atoms with van der Waals surface area (Å²) in [6, 6.07) is -7.67. The van der Waals surface area contributed by atoms with E-state index in [0.29, 0.717) is 17.5 Å². The van der Waals surface area contributed by atoms with Crippen LogP contribution >= 0.6 is 11.8 Å². The van der Waals surface area contributed by atoms with Gasteiger partial charge in [0.25, 0.3) is 0 Å². The molecule has 0 saturated carbocycles. The summed E-state index contributed by atoms with van der Waals surface area (Å²) in [6.07, 6.45) is -4.47. The van der Waals surface area contributed by atoms with Gasteiger partial charge in [0.1, 0.15) is 54.9 Å². The molecule has 2 rings (SSSR count). The molecular weight excluding hydrogens is 1300 g/mol. The molecule has 0 aromatic heterocycles. The third kappa shape index (κ3) is 33.3. The fourth-order valence-electron chi connectivity index (χ4n) is 9.63. The number of nitrogens with zero attached hydrogens (tertiary/aromatic N) is 1. The first-order valence-corrected chi connectivity index (χ1v) is 32.8. The van der Waals surface area contributed by atoms with E-state index in [9.17, 15) is 102 Å². The average Bonchev–Trinajstić information content (AvgIpc) is 1.82. The van der Waals surface area contributed by atoms with Crippen molar-refractivity contribution in [1.29, 1.82) is 0 Å². The first kappa shape index (κ1) is 83.8. The van der Waals surface area contributed by atoms with Gasteiger partial charge >= 0.3 is 29.8 Å². The molecule has 0 aliphatic carbocycles. The van der Waals surface area contributed by atoms with E-state index < -0.39 is 227 Å². The number of carboxylic acids is 5. The van der Waals surface area contributed by atoms with Gasteiger partial charge in [-0.15, -0.1) is 0 Å². The van der Waals surface area contributed by atoms with Crippen molar-refractivity contribution in [1.82, 2.24) is 58.1 Å². The normalized spacial score (nSPS) is 15.1. The monoisotopic (exact) mass is 1390 g/mol. The molecule has 9 atom stereocenters. The topological polar surface area (TPSA) is 550 Å². The molecule has 1 aliphatic heterocycles. The maximum atomic E-state index is 14.3. The lowest BCUT2D eigenvalue weighted by Crippen LogP contribution is -2.59. The zero-order valence-electron chi connectivity index (χ0n) is 55.0. The van der Waals surface area contributed by atoms with E-state index in [4.69, 9.17) is 15.6 Å². The molecule has 0 spiro atoms. The fourth-order valence-corrected chi connectivity index (χ4v) is 10.2. The predicted octanol–water partition coefficient (Wildman–Crippen LogP) is -2.96. The van der Waals surface area contributed by atoms with Crippen molar-refractivity contribution in [2.24, 2.45) is 11.7 Å². The van der Waals surface area contributed by atoms with Gasteiger partial charge in [-0.2, -0.15) is 11.8 Å². The lowest BCUT2D eigenvalue weighted by atomic mass is 10.0. The number of amides is 11. The lowest BCUT2D eigenvalue weighted by Gasteiger charge is -2.27. The highest BCUT2D eigenvalue weighted by Gasteiger charge is 2.38. The van der Waals surface area contributed by atoms with E-state index in [-0.39, 0.29) is 68.9 Å². The Kier molecular flexibility index (Phi) is 37.7. The standard InChI is InChI=1S/C61H92N12O23S/c1-32(2)27-42(55(89)64-29-46(75)66-44(31-97-6)60(94)65-33(3)4)72-61(95)45-10-8-25-73(45)47(76)30-96-26-24-63-54(88)43(28-35-12-14-36(15-13-35)34(5)74)71-59(93)41(19-23-52(85)86)70-58(92)40(18-22-51(83)84)69-56(90)38(9-7-11-48(77)78)68-57(91)39(17-21-50(81)82)67-53(87)37(62)16-20-49(79)80/h12-15,32-33,37-45H,7-11,16-31,62H2,1-6H3,(H,63,88)(H,64,89)(H,65,94)(H,66,75)(H,67,87)(H,68,91)(H,69,90)(H,70,92)(H,71,93)(H,72,95)(H,77,78)(H,79,80)(H,81,82)(H,83,84)(H,85,86)/t37-,38-,39-,40-,41-,42+,43+,44?,45?/m1/s1. The molecule has 2 unspecified atom stereocenters. The number of carbonyl (C=O) groups excluding carboxylic acids is 12. The highest BCUT2D eigenvalue weighted by atomic mass is 32.2. The second-order valence-electron chi connectivity index (χ2n) is 23.6. The van der Waals surface area contributed by atoms with Gasteiger partial charge in [-0.1, -0.05) is 38.1 Å². The molecule has 1 saturated heterocycles. The van der Waals surface area contributed by atoms with Crippen molar-refractivity contribution < 1.29 is 112 Å². The highest BCUT2D eigenvalue weighted by Crippen LogP contribution is 2.19. The van der Waals surface area contributed by atoms with E-state index in [2.05, 4.69) is 53.2 Å². The van der Waals surface area contributed by atoms with Crippen molar-refractivity contribution >= 4 is 112 Å². The van der Waals surface area contributed by atoms with Crippen LogP contribution in [0, 0.1) is 5.92 Å². The van der Waals surface area contributed by atoms with Gasteiger partial charge in [-0.05, 0) is 96.3 Å². The summed E-state index contributed by atoms with van der Waals surface area (Å²) in [5.74, 6) is -17.1. The lowest BCUT2D eigenvalue weighted by molar-refractivity contribution is -0.142. The molecule has 0 bridgehead atoms. The Balaban J connectivity index is 2.34. The van der Waals surface area contributed by atoms with Crippen LogP contribution in [0.25, 0.3) is 0 Å². The van der Waals surface area contributed by atoms with Crippen LogP contribution in [0.15, 0.2) is 24.3 Å². The van der Waals surface area contributed by atoms with Crippen LogP contribution < -0.4 is 58.9 Å². The Morgan fingerprint density at radius 2 is 1.01 bits per heavy atom. The number of hydrogen-bond donors (Lipinski definition) is 16. The number of benzene rings is 1. The molecule has 1 heterocycles. The molecule has 540 valence electrons. The highest BCUT2D eigenvalue weighted by molar-refractivity contribution is 7.98. The number of aliphatic carboxylic acids is 5. The summed E-state index contributed by atoms with van der Waals surface area (Å²) < 4.78 is 5.60. The number of hydrogen-bond acceptors (Lipinski definition) is 20. The molecule has 36 heteroatoms. The van der Waals surface area contributed by atoms with Gasteiger partial charge in [0.2, 0.25) is 65.0 Å². The number of carboxylic acid groups (broad SMARTS) is 5. The van der Waals surface area contributed by atoms with Gasteiger partial charge in [0.15, 0.2) is 5.78 Å². The van der Waals surface area contributed by atoms with Gasteiger partial charge < -0.3 is 94.1 Å². The van der Waals surface area contributed by atoms with Crippen LogP contribution in [-0.4, -0.2) is 236 Å². The van der Waals surface area contributed by atoms with Crippen molar-refractivity contribution in [3.05, 3.63) is 35.4 Å². The smallest absolute Gasteiger partial charge is 0.303 e. The molecule has 1 aliphatic rings. The predicted molar refractivity (Wildman–Crippen MR) is 343 cm³/mol. The van der Waals surface area contributed by atoms with Crippen molar-refractivity contribution in [2.45, 2.75) is 191 Å². The summed E-state index contributed by atoms with van der Waals surface area (Å²) in [5, 5.41) is 71.6. The minimum absolute atomic E-state index is 0.107. The average molecular weight is 1390 g/mol. The molecule has 1 aromatic rings. The van der Waals surface area contributed by atoms with Gasteiger partial charge in [0.05, 0.1) is 19.2 Å². The molecule has 1 fully saturated rings. The number of nitrogens with one attached hydrogen (secondary N) is 10. The summed E-state index contributed by atoms with van der Waals surface area (Å²) in [5.41, 5.74) is 6.44. The number of rotatable bonds is 47. The van der Waals surface area contributed by atoms with Crippen LogP contribution in [0.3, 0.4) is 0 Å². The van der Waals surface area contributed by atoms with Crippen LogP contribution in [0.5, 0.6) is 0 Å². The molecular formula is C61H92N12O23S. The Morgan fingerprint density at radius 1 is 0.546 bits per heavy atom. The molecule has 35 nitrogen and oxygen atoms in total. The van der Waals surface area contributed by atoms with Crippen LogP contribution in [-0.2, 0) is 87.9 Å². The summed E-state index contributed by atoms with van der Waals surface area (Å²) in [4.78, 5) is 220. The first-order valence-electron chi connectivity index (χ1n) is 31.4. The Bertz CT molecular complexity index is 2950. The van der Waals surface area contributed by atoms with E-state index in [1.807, 2.05) is 13.8 Å². The SMILES string of the molecule is CSCC(NC(=O)CNC(=O)[C@H](CC(C)C)NC(=O)C1CCCN1C(=O)COCCNC(=O)[C@H](Cc1ccc(C(C)=O)cc1)NC(=O)[C@@H](CCC(=O)O)NC(=O)[C@@H](CCC(=O)O)NC(=O)[C@@H](CCCC(=O)O)NC(=O)[C@@H](CCC(=O)O)NC(=O)[C@H](N)CCC(=O)O)C(=O)NC(C)C. The van der Waals surface area contributed by atoms with E-state index in [0.717, 1.165) is 0 Å². The van der Waals surface area contributed by atoms with E-state index in [1.165, 1.54) is 47.9 Å². The molecule has 97 heavy (non-hydrogen) atoms. The number of ketones is 1. The van der Waals surface area contributed by atoms with Crippen molar-refractivity contribution in [3.63, 3.8) is 0 Å². The zero-order valence-corrected chi connectivity index (χ0v) is 55.8. The van der Waals surface area contributed by atoms with Gasteiger partial charge in [-0.3, -0.25) is 81.5 Å². The molecule has 17 N–H and O–H groups in total. The second kappa shape index (κ2) is 43.7. The second-order valence-corrected chi connectivity index (χ2v) is 24.5. The quantitative estimate of drug-likeness (QED) is 0.0229. The number of likely N-dealkylation sites (tertiary alicyclic amines) is 1. The fraction of sp³-hybridized carbons (Fsp3) is 0.623. The van der Waals surface area contributed by atoms with Crippen LogP contribution in [0.1, 0.15) is 140 Å². The summed E-state index contributed by atoms with van der Waals surface area (Å²) >= 11 is 1.34.